The van der Waals surface area contributed by atoms with E-state index in [2.05, 4.69) is 16.8 Å². The van der Waals surface area contributed by atoms with Gasteiger partial charge in [0.25, 0.3) is 5.91 Å². The monoisotopic (exact) mass is 309 g/mol. The van der Waals surface area contributed by atoms with E-state index in [-0.39, 0.29) is 11.9 Å². The van der Waals surface area contributed by atoms with Crippen LogP contribution in [0.25, 0.3) is 0 Å². The molecule has 0 radical (unpaired) electrons. The maximum absolute atomic E-state index is 12.6. The van der Waals surface area contributed by atoms with Gasteiger partial charge in [-0.1, -0.05) is 6.92 Å². The molecule has 2 fully saturated rings. The van der Waals surface area contributed by atoms with E-state index in [4.69, 9.17) is 4.74 Å². The summed E-state index contributed by atoms with van der Waals surface area (Å²) in [7, 11) is 0. The molecule has 0 spiro atoms. The summed E-state index contributed by atoms with van der Waals surface area (Å²) in [6.07, 6.45) is 5.25. The summed E-state index contributed by atoms with van der Waals surface area (Å²) in [6, 6.07) is 0.204. The maximum atomic E-state index is 12.6. The van der Waals surface area contributed by atoms with Crippen molar-refractivity contribution in [2.45, 2.75) is 38.8 Å². The fourth-order valence-corrected chi connectivity index (χ4v) is 3.93. The molecule has 2 aliphatic heterocycles. The average Bonchev–Trinajstić information content (AvgIpc) is 3.19. The van der Waals surface area contributed by atoms with Crippen molar-refractivity contribution in [1.82, 2.24) is 14.8 Å². The number of rotatable bonds is 4. The lowest BCUT2D eigenvalue weighted by molar-refractivity contribution is -0.00254. The molecule has 1 aromatic rings. The molecule has 2 saturated heterocycles. The molecule has 0 bridgehead atoms. The minimum atomic E-state index is 0.121. The fraction of sp³-hybridized carbons (Fsp3) is 0.733. The van der Waals surface area contributed by atoms with E-state index in [0.717, 1.165) is 35.9 Å². The second kappa shape index (κ2) is 6.85. The summed E-state index contributed by atoms with van der Waals surface area (Å²) in [6.45, 7) is 7.29. The predicted molar refractivity (Wildman–Crippen MR) is 82.6 cm³/mol. The zero-order chi connectivity index (χ0) is 14.7. The van der Waals surface area contributed by atoms with Gasteiger partial charge in [-0.05, 0) is 32.4 Å². The largest absolute Gasteiger partial charge is 0.377 e. The van der Waals surface area contributed by atoms with Crippen LogP contribution in [0.5, 0.6) is 0 Å². The first kappa shape index (κ1) is 14.9. The third kappa shape index (κ3) is 3.44. The average molecular weight is 309 g/mol. The number of carbonyl (C=O) groups is 1. The van der Waals surface area contributed by atoms with Gasteiger partial charge in [-0.2, -0.15) is 0 Å². The SMILES string of the molecule is CCC1COCCN1C(=O)c1cnc(CN2CCCC2)s1. The van der Waals surface area contributed by atoms with Crippen molar-refractivity contribution < 1.29 is 9.53 Å². The number of aromatic nitrogens is 1. The van der Waals surface area contributed by atoms with Gasteiger partial charge in [0.2, 0.25) is 0 Å². The van der Waals surface area contributed by atoms with E-state index < -0.39 is 0 Å². The summed E-state index contributed by atoms with van der Waals surface area (Å²) < 4.78 is 5.47. The molecule has 0 aromatic carbocycles. The zero-order valence-corrected chi connectivity index (χ0v) is 13.4. The highest BCUT2D eigenvalue weighted by Crippen LogP contribution is 2.21. The molecular formula is C15H23N3O2S. The highest BCUT2D eigenvalue weighted by molar-refractivity contribution is 7.13. The Balaban J connectivity index is 1.65. The van der Waals surface area contributed by atoms with Crippen LogP contribution in [0.3, 0.4) is 0 Å². The molecule has 1 unspecified atom stereocenters. The molecule has 1 amide bonds. The van der Waals surface area contributed by atoms with Crippen LogP contribution in [-0.2, 0) is 11.3 Å². The van der Waals surface area contributed by atoms with Gasteiger partial charge < -0.3 is 9.64 Å². The van der Waals surface area contributed by atoms with E-state index in [0.29, 0.717) is 19.8 Å². The summed E-state index contributed by atoms with van der Waals surface area (Å²) in [5.74, 6) is 0.121. The molecule has 116 valence electrons. The minimum Gasteiger partial charge on any atom is -0.377 e. The molecule has 3 heterocycles. The van der Waals surface area contributed by atoms with Gasteiger partial charge in [-0.3, -0.25) is 9.69 Å². The van der Waals surface area contributed by atoms with E-state index in [1.807, 2.05) is 4.90 Å². The van der Waals surface area contributed by atoms with Crippen LogP contribution in [0.15, 0.2) is 6.20 Å². The summed E-state index contributed by atoms with van der Waals surface area (Å²) in [5, 5.41) is 1.06. The molecule has 2 aliphatic rings. The molecule has 3 rings (SSSR count). The lowest BCUT2D eigenvalue weighted by Gasteiger charge is -2.34. The number of hydrogen-bond acceptors (Lipinski definition) is 5. The summed E-state index contributed by atoms with van der Waals surface area (Å²) >= 11 is 1.55. The van der Waals surface area contributed by atoms with Gasteiger partial charge >= 0.3 is 0 Å². The Labute approximate surface area is 129 Å². The number of ether oxygens (including phenoxy) is 1. The number of morpholine rings is 1. The zero-order valence-electron chi connectivity index (χ0n) is 12.6. The van der Waals surface area contributed by atoms with E-state index >= 15 is 0 Å². The van der Waals surface area contributed by atoms with Crippen LogP contribution >= 0.6 is 11.3 Å². The van der Waals surface area contributed by atoms with Crippen LogP contribution < -0.4 is 0 Å². The van der Waals surface area contributed by atoms with Gasteiger partial charge in [0.15, 0.2) is 0 Å². The number of thiazole rings is 1. The number of hydrogen-bond donors (Lipinski definition) is 0. The van der Waals surface area contributed by atoms with Crippen LogP contribution in [0.4, 0.5) is 0 Å². The van der Waals surface area contributed by atoms with Crippen molar-refractivity contribution in [3.63, 3.8) is 0 Å². The van der Waals surface area contributed by atoms with Crippen molar-refractivity contribution >= 4 is 17.2 Å². The lowest BCUT2D eigenvalue weighted by Crippen LogP contribution is -2.48. The number of likely N-dealkylation sites (tertiary alicyclic amines) is 1. The Morgan fingerprint density at radius 1 is 1.43 bits per heavy atom. The second-order valence-corrected chi connectivity index (χ2v) is 6.85. The highest BCUT2D eigenvalue weighted by Gasteiger charge is 2.28. The summed E-state index contributed by atoms with van der Waals surface area (Å²) in [5.41, 5.74) is 0. The molecular weight excluding hydrogens is 286 g/mol. The van der Waals surface area contributed by atoms with Gasteiger partial charge in [0, 0.05) is 6.54 Å². The second-order valence-electron chi connectivity index (χ2n) is 5.74. The molecule has 21 heavy (non-hydrogen) atoms. The Morgan fingerprint density at radius 2 is 2.24 bits per heavy atom. The molecule has 5 nitrogen and oxygen atoms in total. The molecule has 6 heteroatoms. The Kier molecular flexibility index (Phi) is 4.87. The van der Waals surface area contributed by atoms with Gasteiger partial charge in [-0.25, -0.2) is 4.98 Å². The maximum Gasteiger partial charge on any atom is 0.265 e. The third-order valence-electron chi connectivity index (χ3n) is 4.28. The normalized spacial score (nSPS) is 23.7. The van der Waals surface area contributed by atoms with Crippen LogP contribution in [-0.4, -0.2) is 59.6 Å². The topological polar surface area (TPSA) is 45.7 Å². The van der Waals surface area contributed by atoms with Crippen LogP contribution in [0, 0.1) is 0 Å². The Hall–Kier alpha value is -0.980. The molecule has 0 saturated carbocycles. The lowest BCUT2D eigenvalue weighted by atomic mass is 10.1. The van der Waals surface area contributed by atoms with Gasteiger partial charge in [-0.15, -0.1) is 11.3 Å². The van der Waals surface area contributed by atoms with Gasteiger partial charge in [0.05, 0.1) is 32.0 Å². The van der Waals surface area contributed by atoms with Crippen LogP contribution in [0.1, 0.15) is 40.9 Å². The highest BCUT2D eigenvalue weighted by atomic mass is 32.1. The van der Waals surface area contributed by atoms with Crippen molar-refractivity contribution in [2.75, 3.05) is 32.8 Å². The third-order valence-corrected chi connectivity index (χ3v) is 5.25. The quantitative estimate of drug-likeness (QED) is 0.853. The van der Waals surface area contributed by atoms with Crippen molar-refractivity contribution in [3.05, 3.63) is 16.1 Å². The summed E-state index contributed by atoms with van der Waals surface area (Å²) in [4.78, 5) is 22.2. The van der Waals surface area contributed by atoms with E-state index in [1.54, 1.807) is 17.5 Å². The smallest absolute Gasteiger partial charge is 0.265 e. The van der Waals surface area contributed by atoms with Gasteiger partial charge in [0.1, 0.15) is 9.88 Å². The number of carbonyl (C=O) groups excluding carboxylic acids is 1. The number of amides is 1. The first-order valence-electron chi connectivity index (χ1n) is 7.83. The standard InChI is InChI=1S/C15H23N3O2S/c1-2-12-11-20-8-7-18(12)15(19)13-9-16-14(21-13)10-17-5-3-4-6-17/h9,12H,2-8,10-11H2,1H3. The van der Waals surface area contributed by atoms with Crippen molar-refractivity contribution in [1.29, 1.82) is 0 Å². The first-order valence-corrected chi connectivity index (χ1v) is 8.65. The van der Waals surface area contributed by atoms with E-state index in [9.17, 15) is 4.79 Å². The Bertz CT molecular complexity index is 485. The van der Waals surface area contributed by atoms with Crippen molar-refractivity contribution in [2.24, 2.45) is 0 Å². The minimum absolute atomic E-state index is 0.121. The van der Waals surface area contributed by atoms with Crippen LogP contribution in [0.2, 0.25) is 0 Å². The molecule has 1 aromatic heterocycles. The first-order chi connectivity index (χ1) is 10.3. The molecule has 1 atom stereocenters. The van der Waals surface area contributed by atoms with Crippen molar-refractivity contribution in [3.8, 4) is 0 Å². The predicted octanol–water partition coefficient (Wildman–Crippen LogP) is 1.99. The number of nitrogens with zero attached hydrogens (tertiary/aromatic N) is 3. The van der Waals surface area contributed by atoms with E-state index in [1.165, 1.54) is 12.8 Å². The molecule has 0 aliphatic carbocycles. The Morgan fingerprint density at radius 3 is 3.00 bits per heavy atom. The fourth-order valence-electron chi connectivity index (χ4n) is 3.02. The molecule has 0 N–H and O–H groups in total.